The van der Waals surface area contributed by atoms with Gasteiger partial charge in [0.1, 0.15) is 0 Å². The number of hydrogen-bond donors (Lipinski definition) is 2. The molecule has 3 amide bonds. The number of rotatable bonds is 4. The van der Waals surface area contributed by atoms with E-state index in [9.17, 15) is 14.4 Å². The summed E-state index contributed by atoms with van der Waals surface area (Å²) in [5.41, 5.74) is 1.05. The normalized spacial score (nSPS) is 16.0. The predicted octanol–water partition coefficient (Wildman–Crippen LogP) is 0.922. The molecular formula is C14H20N2O5. The van der Waals surface area contributed by atoms with Crippen LogP contribution >= 0.6 is 0 Å². The van der Waals surface area contributed by atoms with Crippen LogP contribution in [0.2, 0.25) is 0 Å². The Morgan fingerprint density at radius 3 is 2.48 bits per heavy atom. The van der Waals surface area contributed by atoms with E-state index in [1.807, 2.05) is 6.08 Å². The number of amides is 3. The number of imide groups is 1. The molecule has 0 saturated heterocycles. The van der Waals surface area contributed by atoms with Gasteiger partial charge in [0.05, 0.1) is 6.61 Å². The van der Waals surface area contributed by atoms with Crippen LogP contribution in [0, 0.1) is 0 Å². The van der Waals surface area contributed by atoms with Crippen molar-refractivity contribution in [3.05, 3.63) is 22.8 Å². The third-order valence-electron chi connectivity index (χ3n) is 3.36. The lowest BCUT2D eigenvalue weighted by atomic mass is 10.1. The molecular weight excluding hydrogens is 276 g/mol. The van der Waals surface area contributed by atoms with Crippen molar-refractivity contribution in [2.75, 3.05) is 26.8 Å². The number of hydrogen-bond acceptors (Lipinski definition) is 4. The van der Waals surface area contributed by atoms with Crippen molar-refractivity contribution in [2.24, 2.45) is 0 Å². The van der Waals surface area contributed by atoms with E-state index in [4.69, 9.17) is 9.84 Å². The number of nitrogens with one attached hydrogen (secondary N) is 1. The SMILES string of the molecule is COCC1=CCN(C(=O)NC(=O)C(C)=C(C)C(=O)O)CC1. The number of aliphatic carboxylic acids is 1. The Balaban J connectivity index is 2.61. The first kappa shape index (κ1) is 16.9. The Hall–Kier alpha value is -2.15. The van der Waals surface area contributed by atoms with Gasteiger partial charge in [-0.1, -0.05) is 6.08 Å². The summed E-state index contributed by atoms with van der Waals surface area (Å²) < 4.78 is 5.02. The average molecular weight is 296 g/mol. The lowest BCUT2D eigenvalue weighted by molar-refractivity contribution is -0.133. The fraction of sp³-hybridized carbons (Fsp3) is 0.500. The lowest BCUT2D eigenvalue weighted by Gasteiger charge is -2.26. The second-order valence-electron chi connectivity index (χ2n) is 4.81. The van der Waals surface area contributed by atoms with E-state index in [0.29, 0.717) is 26.1 Å². The maximum atomic E-state index is 11.9. The van der Waals surface area contributed by atoms with Gasteiger partial charge >= 0.3 is 12.0 Å². The number of carbonyl (C=O) groups is 3. The molecule has 0 saturated carbocycles. The number of methoxy groups -OCH3 is 1. The van der Waals surface area contributed by atoms with Crippen molar-refractivity contribution in [2.45, 2.75) is 20.3 Å². The van der Waals surface area contributed by atoms with Gasteiger partial charge in [0.25, 0.3) is 5.91 Å². The Labute approximate surface area is 123 Å². The van der Waals surface area contributed by atoms with Gasteiger partial charge in [-0.2, -0.15) is 0 Å². The van der Waals surface area contributed by atoms with Gasteiger partial charge < -0.3 is 14.7 Å². The zero-order valence-corrected chi connectivity index (χ0v) is 12.4. The first-order valence-corrected chi connectivity index (χ1v) is 6.54. The topological polar surface area (TPSA) is 95.9 Å². The maximum Gasteiger partial charge on any atom is 0.331 e. The summed E-state index contributed by atoms with van der Waals surface area (Å²) in [7, 11) is 1.61. The van der Waals surface area contributed by atoms with E-state index in [1.165, 1.54) is 18.7 Å². The fourth-order valence-corrected chi connectivity index (χ4v) is 1.81. The molecule has 1 aliphatic rings. The van der Waals surface area contributed by atoms with Crippen LogP contribution in [0.4, 0.5) is 4.79 Å². The molecule has 0 aromatic rings. The molecule has 21 heavy (non-hydrogen) atoms. The lowest BCUT2D eigenvalue weighted by Crippen LogP contribution is -2.45. The summed E-state index contributed by atoms with van der Waals surface area (Å²) in [6.07, 6.45) is 2.58. The number of nitrogens with zero attached hydrogens (tertiary/aromatic N) is 1. The molecule has 0 aromatic heterocycles. The quantitative estimate of drug-likeness (QED) is 0.594. The number of ether oxygens (including phenoxy) is 1. The van der Waals surface area contributed by atoms with Gasteiger partial charge in [0, 0.05) is 31.3 Å². The molecule has 1 rings (SSSR count). The second-order valence-corrected chi connectivity index (χ2v) is 4.81. The molecule has 2 N–H and O–H groups in total. The van der Waals surface area contributed by atoms with Crippen molar-refractivity contribution >= 4 is 17.9 Å². The molecule has 0 unspecified atom stereocenters. The molecule has 1 heterocycles. The van der Waals surface area contributed by atoms with Gasteiger partial charge in [0.2, 0.25) is 0 Å². The smallest absolute Gasteiger partial charge is 0.331 e. The zero-order chi connectivity index (χ0) is 16.0. The number of urea groups is 1. The molecule has 1 aliphatic heterocycles. The van der Waals surface area contributed by atoms with Crippen LogP contribution in [0.1, 0.15) is 20.3 Å². The van der Waals surface area contributed by atoms with E-state index in [2.05, 4.69) is 5.32 Å². The summed E-state index contributed by atoms with van der Waals surface area (Å²) in [6, 6.07) is -0.523. The molecule has 7 nitrogen and oxygen atoms in total. The minimum absolute atomic E-state index is 0.0171. The first-order chi connectivity index (χ1) is 9.86. The van der Waals surface area contributed by atoms with Gasteiger partial charge in [-0.15, -0.1) is 0 Å². The highest BCUT2D eigenvalue weighted by molar-refractivity contribution is 6.07. The third-order valence-corrected chi connectivity index (χ3v) is 3.36. The minimum Gasteiger partial charge on any atom is -0.478 e. The van der Waals surface area contributed by atoms with Crippen molar-refractivity contribution < 1.29 is 24.2 Å². The standard InChI is InChI=1S/C14H20N2O5/c1-9(10(2)13(18)19)12(17)15-14(20)16-6-4-11(5-7-16)8-21-3/h4H,5-8H2,1-3H3,(H,18,19)(H,15,17,20). The van der Waals surface area contributed by atoms with Crippen LogP contribution in [-0.4, -0.2) is 54.7 Å². The number of carbonyl (C=O) groups excluding carboxylic acids is 2. The Morgan fingerprint density at radius 1 is 1.33 bits per heavy atom. The molecule has 0 fully saturated rings. The summed E-state index contributed by atoms with van der Waals surface area (Å²) in [5.74, 6) is -1.87. The molecule has 7 heteroatoms. The fourth-order valence-electron chi connectivity index (χ4n) is 1.81. The van der Waals surface area contributed by atoms with Gasteiger partial charge in [-0.05, 0) is 25.8 Å². The molecule has 0 radical (unpaired) electrons. The monoisotopic (exact) mass is 296 g/mol. The predicted molar refractivity (Wildman–Crippen MR) is 75.7 cm³/mol. The Bertz CT molecular complexity index is 507. The highest BCUT2D eigenvalue weighted by Crippen LogP contribution is 2.11. The van der Waals surface area contributed by atoms with E-state index in [1.54, 1.807) is 7.11 Å². The van der Waals surface area contributed by atoms with Crippen molar-refractivity contribution in [1.82, 2.24) is 10.2 Å². The third kappa shape index (κ3) is 4.71. The zero-order valence-electron chi connectivity index (χ0n) is 12.4. The second kappa shape index (κ2) is 7.58. The van der Waals surface area contributed by atoms with Gasteiger partial charge in [-0.3, -0.25) is 10.1 Å². The van der Waals surface area contributed by atoms with E-state index in [0.717, 1.165) is 5.57 Å². The highest BCUT2D eigenvalue weighted by Gasteiger charge is 2.21. The van der Waals surface area contributed by atoms with Gasteiger partial charge in [-0.25, -0.2) is 9.59 Å². The van der Waals surface area contributed by atoms with Crippen LogP contribution in [0.25, 0.3) is 0 Å². The number of carboxylic acids is 1. The van der Waals surface area contributed by atoms with Crippen LogP contribution in [0.15, 0.2) is 22.8 Å². The Morgan fingerprint density at radius 2 is 2.00 bits per heavy atom. The van der Waals surface area contributed by atoms with Crippen molar-refractivity contribution in [3.8, 4) is 0 Å². The van der Waals surface area contributed by atoms with Crippen molar-refractivity contribution in [1.29, 1.82) is 0 Å². The van der Waals surface area contributed by atoms with E-state index in [-0.39, 0.29) is 11.1 Å². The van der Waals surface area contributed by atoms with Gasteiger partial charge in [0.15, 0.2) is 0 Å². The van der Waals surface area contributed by atoms with E-state index >= 15 is 0 Å². The summed E-state index contributed by atoms with van der Waals surface area (Å²) in [6.45, 7) is 4.13. The molecule has 0 atom stereocenters. The van der Waals surface area contributed by atoms with Crippen LogP contribution in [-0.2, 0) is 14.3 Å². The molecule has 116 valence electrons. The van der Waals surface area contributed by atoms with Crippen LogP contribution < -0.4 is 5.32 Å². The Kier molecular flexibility index (Phi) is 6.10. The van der Waals surface area contributed by atoms with Crippen LogP contribution in [0.3, 0.4) is 0 Å². The first-order valence-electron chi connectivity index (χ1n) is 6.54. The summed E-state index contributed by atoms with van der Waals surface area (Å²) in [4.78, 5) is 36.0. The molecule has 0 bridgehead atoms. The van der Waals surface area contributed by atoms with E-state index < -0.39 is 17.9 Å². The average Bonchev–Trinajstić information content (AvgIpc) is 2.46. The largest absolute Gasteiger partial charge is 0.478 e. The van der Waals surface area contributed by atoms with Crippen molar-refractivity contribution in [3.63, 3.8) is 0 Å². The summed E-state index contributed by atoms with van der Waals surface area (Å²) >= 11 is 0. The summed E-state index contributed by atoms with van der Waals surface area (Å²) in [5, 5.41) is 11.0. The minimum atomic E-state index is -1.18. The maximum absolute atomic E-state index is 11.9. The number of carboxylic acid groups (broad SMARTS) is 1. The molecule has 0 aliphatic carbocycles. The highest BCUT2D eigenvalue weighted by atomic mass is 16.5. The molecule has 0 aromatic carbocycles. The van der Waals surface area contributed by atoms with Crippen LogP contribution in [0.5, 0.6) is 0 Å². The molecule has 0 spiro atoms.